The van der Waals surface area contributed by atoms with E-state index >= 15 is 0 Å². The van der Waals surface area contributed by atoms with Gasteiger partial charge in [0.15, 0.2) is 5.12 Å². The van der Waals surface area contributed by atoms with Crippen molar-refractivity contribution in [2.75, 3.05) is 6.54 Å². The van der Waals surface area contributed by atoms with Crippen molar-refractivity contribution >= 4 is 23.0 Å². The molecule has 0 spiro atoms. The van der Waals surface area contributed by atoms with Crippen molar-refractivity contribution in [1.29, 1.82) is 0 Å². The molecule has 1 amide bonds. The fourth-order valence-electron chi connectivity index (χ4n) is 2.71. The van der Waals surface area contributed by atoms with Gasteiger partial charge in [-0.2, -0.15) is 0 Å². The van der Waals surface area contributed by atoms with E-state index in [1.807, 2.05) is 46.4 Å². The molecule has 0 aliphatic carbocycles. The molecular formula is C17H31NO3S. The number of hydrogen-bond donors (Lipinski definition) is 0. The molecular weight excluding hydrogens is 298 g/mol. The molecule has 0 bridgehead atoms. The third-order valence-electron chi connectivity index (χ3n) is 3.49. The van der Waals surface area contributed by atoms with E-state index in [1.54, 1.807) is 0 Å². The fourth-order valence-corrected chi connectivity index (χ4v) is 3.74. The SMILES string of the molecule is CC(CC(=O)SC(C)(C)C)C1CCCN1C(=O)OC(C)(C)C. The zero-order valence-electron chi connectivity index (χ0n) is 15.1. The molecule has 0 N–H and O–H groups in total. The number of ether oxygens (including phenoxy) is 1. The van der Waals surface area contributed by atoms with Gasteiger partial charge in [-0.05, 0) is 39.5 Å². The molecule has 1 saturated heterocycles. The monoisotopic (exact) mass is 329 g/mol. The Hall–Kier alpha value is -0.710. The molecule has 4 nitrogen and oxygen atoms in total. The maximum absolute atomic E-state index is 12.3. The maximum Gasteiger partial charge on any atom is 0.410 e. The zero-order chi connectivity index (χ0) is 17.1. The highest BCUT2D eigenvalue weighted by Crippen LogP contribution is 2.31. The standard InChI is InChI=1S/C17H31NO3S/c1-12(11-14(19)22-17(5,6)7)13-9-8-10-18(13)15(20)21-16(2,3)4/h12-13H,8-11H2,1-7H3. The molecule has 0 aromatic rings. The topological polar surface area (TPSA) is 46.6 Å². The summed E-state index contributed by atoms with van der Waals surface area (Å²) in [5.74, 6) is 0.164. The molecule has 128 valence electrons. The molecule has 2 atom stereocenters. The number of amides is 1. The largest absolute Gasteiger partial charge is 0.444 e. The minimum absolute atomic E-state index is 0.0582. The lowest BCUT2D eigenvalue weighted by atomic mass is 9.97. The molecule has 5 heteroatoms. The van der Waals surface area contributed by atoms with Crippen LogP contribution >= 0.6 is 11.8 Å². The molecule has 22 heavy (non-hydrogen) atoms. The van der Waals surface area contributed by atoms with E-state index in [0.29, 0.717) is 6.42 Å². The van der Waals surface area contributed by atoms with Crippen LogP contribution in [0, 0.1) is 5.92 Å². The predicted octanol–water partition coefficient (Wildman–Crippen LogP) is 4.47. The van der Waals surface area contributed by atoms with Crippen molar-refractivity contribution in [3.63, 3.8) is 0 Å². The van der Waals surface area contributed by atoms with E-state index in [0.717, 1.165) is 19.4 Å². The molecule has 2 unspecified atom stereocenters. The van der Waals surface area contributed by atoms with Crippen LogP contribution in [0.1, 0.15) is 67.7 Å². The summed E-state index contributed by atoms with van der Waals surface area (Å²) in [6, 6.07) is 0.111. The van der Waals surface area contributed by atoms with Crippen LogP contribution in [0.3, 0.4) is 0 Å². The van der Waals surface area contributed by atoms with Gasteiger partial charge in [-0.3, -0.25) is 4.79 Å². The van der Waals surface area contributed by atoms with Gasteiger partial charge in [-0.25, -0.2) is 4.79 Å². The number of carbonyl (C=O) groups is 2. The number of hydrogen-bond acceptors (Lipinski definition) is 4. The van der Waals surface area contributed by atoms with Crippen LogP contribution in [-0.2, 0) is 9.53 Å². The van der Waals surface area contributed by atoms with Crippen LogP contribution in [0.25, 0.3) is 0 Å². The molecule has 1 heterocycles. The molecule has 1 fully saturated rings. The number of carbonyl (C=O) groups excluding carboxylic acids is 2. The van der Waals surface area contributed by atoms with Gasteiger partial charge in [0.1, 0.15) is 5.60 Å². The van der Waals surface area contributed by atoms with Crippen molar-refractivity contribution in [1.82, 2.24) is 4.90 Å². The highest BCUT2D eigenvalue weighted by Gasteiger charge is 2.36. The van der Waals surface area contributed by atoms with Gasteiger partial charge in [0.2, 0.25) is 0 Å². The molecule has 0 aromatic carbocycles. The van der Waals surface area contributed by atoms with E-state index in [2.05, 4.69) is 6.92 Å². The molecule has 1 rings (SSSR count). The highest BCUT2D eigenvalue weighted by molar-refractivity contribution is 8.14. The van der Waals surface area contributed by atoms with Gasteiger partial charge in [-0.15, -0.1) is 0 Å². The van der Waals surface area contributed by atoms with Gasteiger partial charge in [0, 0.05) is 23.8 Å². The van der Waals surface area contributed by atoms with Crippen molar-refractivity contribution in [3.8, 4) is 0 Å². The fraction of sp³-hybridized carbons (Fsp3) is 0.882. The Morgan fingerprint density at radius 1 is 1.23 bits per heavy atom. The molecule has 0 aromatic heterocycles. The summed E-state index contributed by atoms with van der Waals surface area (Å²) in [6.07, 6.45) is 2.19. The molecule has 0 saturated carbocycles. The van der Waals surface area contributed by atoms with Crippen LogP contribution in [0.4, 0.5) is 4.79 Å². The van der Waals surface area contributed by atoms with E-state index in [1.165, 1.54) is 11.8 Å². The number of rotatable bonds is 3. The van der Waals surface area contributed by atoms with Crippen molar-refractivity contribution in [2.24, 2.45) is 5.92 Å². The van der Waals surface area contributed by atoms with Crippen LogP contribution in [0.5, 0.6) is 0 Å². The van der Waals surface area contributed by atoms with E-state index in [9.17, 15) is 9.59 Å². The Balaban J connectivity index is 2.62. The average molecular weight is 330 g/mol. The second-order valence-electron chi connectivity index (χ2n) is 8.15. The van der Waals surface area contributed by atoms with Gasteiger partial charge in [0.05, 0.1) is 0 Å². The lowest BCUT2D eigenvalue weighted by molar-refractivity contribution is -0.112. The highest BCUT2D eigenvalue weighted by atomic mass is 32.2. The Morgan fingerprint density at radius 3 is 2.32 bits per heavy atom. The first-order valence-electron chi connectivity index (χ1n) is 8.10. The third-order valence-corrected chi connectivity index (χ3v) is 4.50. The minimum Gasteiger partial charge on any atom is -0.444 e. The van der Waals surface area contributed by atoms with Crippen LogP contribution < -0.4 is 0 Å². The van der Waals surface area contributed by atoms with Crippen LogP contribution in [0.15, 0.2) is 0 Å². The zero-order valence-corrected chi connectivity index (χ0v) is 15.9. The Bertz CT molecular complexity index is 409. The second-order valence-corrected chi connectivity index (χ2v) is 10.0. The normalized spacial score (nSPS) is 20.9. The summed E-state index contributed by atoms with van der Waals surface area (Å²) in [5.41, 5.74) is -0.481. The molecule has 1 aliphatic rings. The quantitative estimate of drug-likeness (QED) is 0.766. The van der Waals surface area contributed by atoms with Gasteiger partial charge in [-0.1, -0.05) is 39.5 Å². The summed E-state index contributed by atoms with van der Waals surface area (Å²) in [7, 11) is 0. The Morgan fingerprint density at radius 2 is 1.82 bits per heavy atom. The van der Waals surface area contributed by atoms with Gasteiger partial charge < -0.3 is 9.64 Å². The summed E-state index contributed by atoms with van der Waals surface area (Å²) >= 11 is 1.39. The first-order chi connectivity index (χ1) is 9.89. The van der Waals surface area contributed by atoms with E-state index in [4.69, 9.17) is 4.74 Å². The summed E-state index contributed by atoms with van der Waals surface area (Å²) < 4.78 is 5.43. The number of nitrogens with zero attached hydrogens (tertiary/aromatic N) is 1. The maximum atomic E-state index is 12.3. The lowest BCUT2D eigenvalue weighted by Gasteiger charge is -2.31. The number of likely N-dealkylation sites (tertiary alicyclic amines) is 1. The van der Waals surface area contributed by atoms with E-state index in [-0.39, 0.29) is 27.9 Å². The number of thioether (sulfide) groups is 1. The van der Waals surface area contributed by atoms with Crippen molar-refractivity contribution < 1.29 is 14.3 Å². The van der Waals surface area contributed by atoms with Crippen molar-refractivity contribution in [3.05, 3.63) is 0 Å². The first-order valence-corrected chi connectivity index (χ1v) is 8.92. The molecule has 1 aliphatic heterocycles. The summed E-state index contributed by atoms with van der Waals surface area (Å²) in [6.45, 7) is 14.6. The lowest BCUT2D eigenvalue weighted by Crippen LogP contribution is -2.42. The Labute approximate surface area is 139 Å². The summed E-state index contributed by atoms with van der Waals surface area (Å²) in [5, 5.41) is 0.205. The second kappa shape index (κ2) is 7.24. The smallest absolute Gasteiger partial charge is 0.410 e. The minimum atomic E-state index is -0.481. The average Bonchev–Trinajstić information content (AvgIpc) is 2.71. The first kappa shape index (κ1) is 19.3. The Kier molecular flexibility index (Phi) is 6.36. The van der Waals surface area contributed by atoms with Crippen molar-refractivity contribution in [2.45, 2.75) is 84.1 Å². The van der Waals surface area contributed by atoms with Crippen LogP contribution in [-0.4, -0.2) is 39.0 Å². The summed E-state index contributed by atoms with van der Waals surface area (Å²) in [4.78, 5) is 26.3. The van der Waals surface area contributed by atoms with Gasteiger partial charge >= 0.3 is 6.09 Å². The van der Waals surface area contributed by atoms with Crippen LogP contribution in [0.2, 0.25) is 0 Å². The molecule has 0 radical (unpaired) electrons. The third kappa shape index (κ3) is 6.59. The van der Waals surface area contributed by atoms with E-state index < -0.39 is 5.60 Å². The predicted molar refractivity (Wildman–Crippen MR) is 92.1 cm³/mol. The van der Waals surface area contributed by atoms with Gasteiger partial charge in [0.25, 0.3) is 0 Å².